The summed E-state index contributed by atoms with van der Waals surface area (Å²) in [7, 11) is 0. The molecule has 3 aromatic rings. The minimum absolute atomic E-state index is 0.00112. The van der Waals surface area contributed by atoms with Crippen LogP contribution in [0.25, 0.3) is 15.7 Å². The van der Waals surface area contributed by atoms with Crippen molar-refractivity contribution in [2.75, 3.05) is 32.7 Å². The van der Waals surface area contributed by atoms with Gasteiger partial charge in [-0.25, -0.2) is 4.68 Å². The molecule has 132 valence electrons. The van der Waals surface area contributed by atoms with Crippen molar-refractivity contribution < 1.29 is 4.79 Å². The lowest BCUT2D eigenvalue weighted by Gasteiger charge is -2.34. The van der Waals surface area contributed by atoms with E-state index < -0.39 is 0 Å². The van der Waals surface area contributed by atoms with E-state index in [4.69, 9.17) is 0 Å². The van der Waals surface area contributed by atoms with Crippen molar-refractivity contribution >= 4 is 33.0 Å². The van der Waals surface area contributed by atoms with Gasteiger partial charge in [-0.05, 0) is 31.0 Å². The fourth-order valence-electron chi connectivity index (χ4n) is 3.48. The van der Waals surface area contributed by atoms with E-state index in [1.807, 2.05) is 33.7 Å². The van der Waals surface area contributed by atoms with E-state index in [9.17, 15) is 9.59 Å². The zero-order chi connectivity index (χ0) is 17.6. The van der Waals surface area contributed by atoms with E-state index in [0.717, 1.165) is 29.9 Å². The molecule has 1 saturated heterocycles. The van der Waals surface area contributed by atoms with Crippen molar-refractivity contribution in [1.82, 2.24) is 24.0 Å². The molecule has 8 heteroatoms. The average molecular weight is 359 g/mol. The molecule has 25 heavy (non-hydrogen) atoms. The van der Waals surface area contributed by atoms with Crippen LogP contribution in [0.3, 0.4) is 0 Å². The van der Waals surface area contributed by atoms with Crippen molar-refractivity contribution in [1.29, 1.82) is 0 Å². The molecule has 4 heterocycles. The number of carbonyl (C=O) groups is 1. The molecule has 7 nitrogen and oxygen atoms in total. The number of amides is 1. The van der Waals surface area contributed by atoms with E-state index in [1.165, 1.54) is 4.68 Å². The zero-order valence-corrected chi connectivity index (χ0v) is 15.3. The number of thiophene rings is 1. The van der Waals surface area contributed by atoms with E-state index in [1.54, 1.807) is 11.3 Å². The van der Waals surface area contributed by atoms with Crippen LogP contribution in [0.1, 0.15) is 12.7 Å². The Kier molecular flexibility index (Phi) is 4.09. The molecule has 1 amide bonds. The quantitative estimate of drug-likeness (QED) is 0.705. The van der Waals surface area contributed by atoms with Gasteiger partial charge in [-0.2, -0.15) is 5.10 Å². The third kappa shape index (κ3) is 2.75. The number of nitrogens with zero attached hydrogens (tertiary/aromatic N) is 5. The maximum atomic E-state index is 12.8. The van der Waals surface area contributed by atoms with Crippen LogP contribution in [0.4, 0.5) is 0 Å². The summed E-state index contributed by atoms with van der Waals surface area (Å²) in [6.07, 6.45) is 0. The fraction of sp³-hybridized carbons (Fsp3) is 0.471. The van der Waals surface area contributed by atoms with Gasteiger partial charge in [0, 0.05) is 26.2 Å². The molecular formula is C17H21N5O2S. The second kappa shape index (κ2) is 6.27. The number of piperazine rings is 1. The van der Waals surface area contributed by atoms with Gasteiger partial charge in [0.15, 0.2) is 0 Å². The Labute approximate surface area is 149 Å². The lowest BCUT2D eigenvalue weighted by molar-refractivity contribution is -0.133. The predicted octanol–water partition coefficient (Wildman–Crippen LogP) is 1.18. The zero-order valence-electron chi connectivity index (χ0n) is 14.4. The lowest BCUT2D eigenvalue weighted by atomic mass is 10.3. The van der Waals surface area contributed by atoms with Gasteiger partial charge in [0.05, 0.1) is 10.2 Å². The number of aromatic nitrogens is 3. The molecule has 4 rings (SSSR count). The molecule has 0 N–H and O–H groups in total. The SMILES string of the molecule is CCN1CCN(C(=O)Cn2nc(C)n3c(cc4sccc43)c2=O)CC1. The molecular weight excluding hydrogens is 338 g/mol. The minimum Gasteiger partial charge on any atom is -0.339 e. The molecule has 3 aromatic heterocycles. The number of aryl methyl sites for hydroxylation is 1. The Morgan fingerprint density at radius 1 is 1.24 bits per heavy atom. The average Bonchev–Trinajstić information content (AvgIpc) is 3.20. The highest BCUT2D eigenvalue weighted by Gasteiger charge is 2.22. The Balaban J connectivity index is 1.62. The second-order valence-electron chi connectivity index (χ2n) is 6.36. The van der Waals surface area contributed by atoms with Crippen molar-refractivity contribution in [3.63, 3.8) is 0 Å². The Morgan fingerprint density at radius 3 is 2.72 bits per heavy atom. The number of hydrogen-bond acceptors (Lipinski definition) is 5. The molecule has 1 aliphatic heterocycles. The van der Waals surface area contributed by atoms with Crippen LogP contribution in [-0.2, 0) is 11.3 Å². The first kappa shape index (κ1) is 16.3. The van der Waals surface area contributed by atoms with E-state index in [0.29, 0.717) is 24.4 Å². The molecule has 0 spiro atoms. The lowest BCUT2D eigenvalue weighted by Crippen LogP contribution is -2.50. The Bertz CT molecular complexity index is 994. The standard InChI is InChI=1S/C17H21N5O2S/c1-3-19-5-7-20(8-6-19)16(23)11-21-17(24)14-10-15-13(4-9-25-15)22(14)12(2)18-21/h4,9-10H,3,5-8,11H2,1-2H3. The summed E-state index contributed by atoms with van der Waals surface area (Å²) in [5.41, 5.74) is 1.36. The van der Waals surface area contributed by atoms with E-state index in [-0.39, 0.29) is 18.0 Å². The molecule has 0 unspecified atom stereocenters. The van der Waals surface area contributed by atoms with Crippen LogP contribution in [0.2, 0.25) is 0 Å². The van der Waals surface area contributed by atoms with E-state index in [2.05, 4.69) is 16.9 Å². The maximum absolute atomic E-state index is 12.8. The fourth-order valence-corrected chi connectivity index (χ4v) is 4.28. The van der Waals surface area contributed by atoms with E-state index >= 15 is 0 Å². The molecule has 0 atom stereocenters. The molecule has 1 aliphatic rings. The number of fused-ring (bicyclic) bond motifs is 3. The Morgan fingerprint density at radius 2 is 2.00 bits per heavy atom. The van der Waals surface area contributed by atoms with Crippen LogP contribution >= 0.6 is 11.3 Å². The first-order valence-electron chi connectivity index (χ1n) is 8.55. The van der Waals surface area contributed by atoms with Crippen LogP contribution in [0.5, 0.6) is 0 Å². The first-order valence-corrected chi connectivity index (χ1v) is 9.43. The third-order valence-corrected chi connectivity index (χ3v) is 5.78. The van der Waals surface area contributed by atoms with Crippen LogP contribution in [0, 0.1) is 6.92 Å². The predicted molar refractivity (Wildman–Crippen MR) is 98.3 cm³/mol. The second-order valence-corrected chi connectivity index (χ2v) is 7.31. The molecule has 0 radical (unpaired) electrons. The summed E-state index contributed by atoms with van der Waals surface area (Å²) in [5, 5.41) is 6.38. The third-order valence-electron chi connectivity index (χ3n) is 4.92. The number of carbonyl (C=O) groups excluding carboxylic acids is 1. The van der Waals surface area contributed by atoms with Crippen molar-refractivity contribution in [2.24, 2.45) is 0 Å². The Hall–Kier alpha value is -2.19. The van der Waals surface area contributed by atoms with Crippen molar-refractivity contribution in [3.8, 4) is 0 Å². The normalized spacial score (nSPS) is 16.2. The van der Waals surface area contributed by atoms with Gasteiger partial charge in [-0.3, -0.25) is 14.0 Å². The largest absolute Gasteiger partial charge is 0.339 e. The smallest absolute Gasteiger partial charge is 0.291 e. The summed E-state index contributed by atoms with van der Waals surface area (Å²) < 4.78 is 4.24. The van der Waals surface area contributed by atoms with Gasteiger partial charge in [-0.1, -0.05) is 6.92 Å². The topological polar surface area (TPSA) is 62.9 Å². The number of likely N-dealkylation sites (N-methyl/N-ethyl adjacent to an activating group) is 1. The van der Waals surface area contributed by atoms with Gasteiger partial charge in [0.2, 0.25) is 5.91 Å². The van der Waals surface area contributed by atoms with Gasteiger partial charge in [0.1, 0.15) is 17.9 Å². The van der Waals surface area contributed by atoms with Crippen molar-refractivity contribution in [3.05, 3.63) is 33.7 Å². The highest BCUT2D eigenvalue weighted by molar-refractivity contribution is 7.17. The van der Waals surface area contributed by atoms with Gasteiger partial charge in [0.25, 0.3) is 5.56 Å². The van der Waals surface area contributed by atoms with Crippen LogP contribution in [-0.4, -0.2) is 62.6 Å². The summed E-state index contributed by atoms with van der Waals surface area (Å²) in [6.45, 7) is 8.19. The van der Waals surface area contributed by atoms with Gasteiger partial charge < -0.3 is 9.80 Å². The summed E-state index contributed by atoms with van der Waals surface area (Å²) in [5.74, 6) is 0.675. The molecule has 1 fully saturated rings. The first-order chi connectivity index (χ1) is 12.1. The van der Waals surface area contributed by atoms with Gasteiger partial charge in [-0.15, -0.1) is 11.3 Å². The monoisotopic (exact) mass is 359 g/mol. The minimum atomic E-state index is -0.213. The van der Waals surface area contributed by atoms with Crippen molar-refractivity contribution in [2.45, 2.75) is 20.4 Å². The van der Waals surface area contributed by atoms with Crippen LogP contribution < -0.4 is 5.56 Å². The maximum Gasteiger partial charge on any atom is 0.291 e. The summed E-state index contributed by atoms with van der Waals surface area (Å²) in [4.78, 5) is 29.5. The molecule has 0 aromatic carbocycles. The molecule has 0 aliphatic carbocycles. The summed E-state index contributed by atoms with van der Waals surface area (Å²) in [6, 6.07) is 3.88. The highest BCUT2D eigenvalue weighted by atomic mass is 32.1. The number of hydrogen-bond donors (Lipinski definition) is 0. The molecule has 0 bridgehead atoms. The number of rotatable bonds is 3. The van der Waals surface area contributed by atoms with Crippen LogP contribution in [0.15, 0.2) is 22.3 Å². The highest BCUT2D eigenvalue weighted by Crippen LogP contribution is 2.24. The van der Waals surface area contributed by atoms with Gasteiger partial charge >= 0.3 is 0 Å². The molecule has 0 saturated carbocycles. The summed E-state index contributed by atoms with van der Waals surface area (Å²) >= 11 is 1.60.